The molecule has 0 heterocycles. The second-order valence-electron chi connectivity index (χ2n) is 6.35. The Balaban J connectivity index is 1.94. The SMILES string of the molecule is CCc1ccccc1OCCC(CN)c1ccc(C(C)C)cc1. The smallest absolute Gasteiger partial charge is 0.122 e. The first-order chi connectivity index (χ1) is 11.2. The Morgan fingerprint density at radius 1 is 0.957 bits per heavy atom. The lowest BCUT2D eigenvalue weighted by Gasteiger charge is -2.17. The highest BCUT2D eigenvalue weighted by Gasteiger charge is 2.11. The summed E-state index contributed by atoms with van der Waals surface area (Å²) in [5, 5.41) is 0. The summed E-state index contributed by atoms with van der Waals surface area (Å²) < 4.78 is 5.99. The van der Waals surface area contributed by atoms with Gasteiger partial charge in [-0.25, -0.2) is 0 Å². The van der Waals surface area contributed by atoms with Crippen molar-refractivity contribution in [1.29, 1.82) is 0 Å². The van der Waals surface area contributed by atoms with Gasteiger partial charge in [-0.3, -0.25) is 0 Å². The van der Waals surface area contributed by atoms with Gasteiger partial charge in [0.15, 0.2) is 0 Å². The number of nitrogens with two attached hydrogens (primary N) is 1. The van der Waals surface area contributed by atoms with Crippen molar-refractivity contribution in [3.05, 3.63) is 65.2 Å². The van der Waals surface area contributed by atoms with E-state index in [1.54, 1.807) is 0 Å². The van der Waals surface area contributed by atoms with Gasteiger partial charge in [0.25, 0.3) is 0 Å². The number of rotatable bonds is 8. The molecule has 0 aliphatic rings. The zero-order chi connectivity index (χ0) is 16.7. The van der Waals surface area contributed by atoms with Gasteiger partial charge in [0.05, 0.1) is 6.61 Å². The molecule has 0 radical (unpaired) electrons. The van der Waals surface area contributed by atoms with Crippen LogP contribution in [0.3, 0.4) is 0 Å². The minimum absolute atomic E-state index is 0.352. The van der Waals surface area contributed by atoms with Gasteiger partial charge in [0.2, 0.25) is 0 Å². The van der Waals surface area contributed by atoms with Crippen molar-refractivity contribution in [3.63, 3.8) is 0 Å². The van der Waals surface area contributed by atoms with Crippen molar-refractivity contribution in [2.45, 2.75) is 45.4 Å². The van der Waals surface area contributed by atoms with E-state index in [9.17, 15) is 0 Å². The summed E-state index contributed by atoms with van der Waals surface area (Å²) in [6, 6.07) is 17.1. The van der Waals surface area contributed by atoms with E-state index in [4.69, 9.17) is 10.5 Å². The van der Waals surface area contributed by atoms with Crippen LogP contribution in [0.25, 0.3) is 0 Å². The Morgan fingerprint density at radius 2 is 1.61 bits per heavy atom. The van der Waals surface area contributed by atoms with Crippen molar-refractivity contribution < 1.29 is 4.74 Å². The Kier molecular flexibility index (Phi) is 6.66. The molecule has 0 saturated heterocycles. The lowest BCUT2D eigenvalue weighted by atomic mass is 9.93. The Morgan fingerprint density at radius 3 is 2.22 bits per heavy atom. The molecule has 2 heteroatoms. The van der Waals surface area contributed by atoms with Crippen LogP contribution in [0.15, 0.2) is 48.5 Å². The highest BCUT2D eigenvalue weighted by atomic mass is 16.5. The van der Waals surface area contributed by atoms with Crippen LogP contribution in [0.5, 0.6) is 5.75 Å². The fraction of sp³-hybridized carbons (Fsp3) is 0.429. The van der Waals surface area contributed by atoms with Crippen molar-refractivity contribution in [2.24, 2.45) is 5.73 Å². The van der Waals surface area contributed by atoms with Crippen LogP contribution in [0.4, 0.5) is 0 Å². The van der Waals surface area contributed by atoms with Crippen LogP contribution >= 0.6 is 0 Å². The van der Waals surface area contributed by atoms with E-state index in [0.717, 1.165) is 18.6 Å². The number of benzene rings is 2. The molecule has 1 atom stereocenters. The van der Waals surface area contributed by atoms with Gasteiger partial charge in [0.1, 0.15) is 5.75 Å². The second-order valence-corrected chi connectivity index (χ2v) is 6.35. The summed E-state index contributed by atoms with van der Waals surface area (Å²) in [5.41, 5.74) is 9.93. The van der Waals surface area contributed by atoms with E-state index >= 15 is 0 Å². The van der Waals surface area contributed by atoms with Crippen molar-refractivity contribution in [3.8, 4) is 5.75 Å². The molecule has 2 aromatic rings. The molecule has 0 aliphatic heterocycles. The maximum atomic E-state index is 5.99. The zero-order valence-electron chi connectivity index (χ0n) is 14.6. The van der Waals surface area contributed by atoms with Crippen LogP contribution in [-0.2, 0) is 6.42 Å². The fourth-order valence-electron chi connectivity index (χ4n) is 2.82. The van der Waals surface area contributed by atoms with Crippen LogP contribution in [-0.4, -0.2) is 13.2 Å². The van der Waals surface area contributed by atoms with Crippen molar-refractivity contribution >= 4 is 0 Å². The van der Waals surface area contributed by atoms with Crippen LogP contribution in [0, 0.1) is 0 Å². The van der Waals surface area contributed by atoms with E-state index < -0.39 is 0 Å². The molecular formula is C21H29NO. The van der Waals surface area contributed by atoms with Gasteiger partial charge < -0.3 is 10.5 Å². The lowest BCUT2D eigenvalue weighted by molar-refractivity contribution is 0.295. The monoisotopic (exact) mass is 311 g/mol. The molecule has 0 spiro atoms. The zero-order valence-corrected chi connectivity index (χ0v) is 14.6. The van der Waals surface area contributed by atoms with Crippen molar-refractivity contribution in [2.75, 3.05) is 13.2 Å². The third-order valence-corrected chi connectivity index (χ3v) is 4.44. The van der Waals surface area contributed by atoms with E-state index in [-0.39, 0.29) is 0 Å². The van der Waals surface area contributed by atoms with Gasteiger partial charge in [-0.15, -0.1) is 0 Å². The largest absolute Gasteiger partial charge is 0.493 e. The first-order valence-electron chi connectivity index (χ1n) is 8.66. The molecule has 2 aromatic carbocycles. The highest BCUT2D eigenvalue weighted by molar-refractivity contribution is 5.33. The first-order valence-corrected chi connectivity index (χ1v) is 8.66. The van der Waals surface area contributed by atoms with Gasteiger partial charge in [-0.2, -0.15) is 0 Å². The topological polar surface area (TPSA) is 35.2 Å². The number of para-hydroxylation sites is 1. The second kappa shape index (κ2) is 8.73. The summed E-state index contributed by atoms with van der Waals surface area (Å²) >= 11 is 0. The molecular weight excluding hydrogens is 282 g/mol. The fourth-order valence-corrected chi connectivity index (χ4v) is 2.82. The molecule has 0 saturated carbocycles. The third-order valence-electron chi connectivity index (χ3n) is 4.44. The number of ether oxygens (including phenoxy) is 1. The van der Waals surface area contributed by atoms with Crippen molar-refractivity contribution in [1.82, 2.24) is 0 Å². The molecule has 0 aromatic heterocycles. The predicted octanol–water partition coefficient (Wildman–Crippen LogP) is 4.88. The van der Waals surface area contributed by atoms with E-state index in [2.05, 4.69) is 57.2 Å². The minimum Gasteiger partial charge on any atom is -0.493 e. The summed E-state index contributed by atoms with van der Waals surface area (Å²) in [7, 11) is 0. The van der Waals surface area contributed by atoms with Gasteiger partial charge in [0, 0.05) is 0 Å². The summed E-state index contributed by atoms with van der Waals surface area (Å²) in [5.74, 6) is 1.92. The maximum absolute atomic E-state index is 5.99. The van der Waals surface area contributed by atoms with Crippen LogP contribution in [0.2, 0.25) is 0 Å². The molecule has 0 aliphatic carbocycles. The average molecular weight is 311 g/mol. The van der Waals surface area contributed by atoms with Crippen LogP contribution in [0.1, 0.15) is 55.7 Å². The van der Waals surface area contributed by atoms with E-state index in [0.29, 0.717) is 25.0 Å². The Bertz CT molecular complexity index is 589. The Hall–Kier alpha value is -1.80. The standard InChI is InChI=1S/C21H29NO/c1-4-17-7-5-6-8-21(17)23-14-13-20(15-22)19-11-9-18(10-12-19)16(2)3/h5-12,16,20H,4,13-15,22H2,1-3H3. The normalized spacial score (nSPS) is 12.4. The quantitative estimate of drug-likeness (QED) is 0.754. The minimum atomic E-state index is 0.352. The lowest BCUT2D eigenvalue weighted by Crippen LogP contribution is -2.16. The molecule has 0 fully saturated rings. The molecule has 1 unspecified atom stereocenters. The first kappa shape index (κ1) is 17.6. The average Bonchev–Trinajstić information content (AvgIpc) is 2.59. The van der Waals surface area contributed by atoms with Crippen LogP contribution < -0.4 is 10.5 Å². The maximum Gasteiger partial charge on any atom is 0.122 e. The molecule has 23 heavy (non-hydrogen) atoms. The predicted molar refractivity (Wildman–Crippen MR) is 98.3 cm³/mol. The molecule has 0 amide bonds. The van der Waals surface area contributed by atoms with Gasteiger partial charge in [-0.05, 0) is 54.0 Å². The number of hydrogen-bond acceptors (Lipinski definition) is 2. The van der Waals surface area contributed by atoms with Gasteiger partial charge in [-0.1, -0.05) is 63.2 Å². The summed E-state index contributed by atoms with van der Waals surface area (Å²) in [4.78, 5) is 0. The molecule has 2 nitrogen and oxygen atoms in total. The number of aryl methyl sites for hydroxylation is 1. The summed E-state index contributed by atoms with van der Waals surface area (Å²) in [6.45, 7) is 7.94. The highest BCUT2D eigenvalue weighted by Crippen LogP contribution is 2.23. The number of hydrogen-bond donors (Lipinski definition) is 1. The molecule has 0 bridgehead atoms. The molecule has 124 valence electrons. The summed E-state index contributed by atoms with van der Waals surface area (Å²) in [6.07, 6.45) is 1.93. The van der Waals surface area contributed by atoms with E-state index in [1.807, 2.05) is 12.1 Å². The molecule has 2 rings (SSSR count). The van der Waals surface area contributed by atoms with Gasteiger partial charge >= 0.3 is 0 Å². The molecule has 2 N–H and O–H groups in total. The van der Waals surface area contributed by atoms with E-state index in [1.165, 1.54) is 16.7 Å². The Labute approximate surface area is 140 Å². The third kappa shape index (κ3) is 4.84.